The van der Waals surface area contributed by atoms with Crippen LogP contribution in [0.3, 0.4) is 0 Å². The standard InChI is InChI=1S/C16H22N4O/c1-12(20-7-3-2-4-8-20)10-17-16(21)13-5-6-14-15(9-13)19-11-18-14/h5-6,9,11-12H,2-4,7-8,10H2,1H3,(H,17,21)(H,18,19). The van der Waals surface area contributed by atoms with Crippen LogP contribution in [0.2, 0.25) is 0 Å². The van der Waals surface area contributed by atoms with Crippen LogP contribution in [0.15, 0.2) is 24.5 Å². The van der Waals surface area contributed by atoms with Crippen molar-refractivity contribution in [3.8, 4) is 0 Å². The third-order valence-electron chi connectivity index (χ3n) is 4.25. The number of likely N-dealkylation sites (tertiary alicyclic amines) is 1. The summed E-state index contributed by atoms with van der Waals surface area (Å²) in [7, 11) is 0. The lowest BCUT2D eigenvalue weighted by Gasteiger charge is -2.32. The zero-order valence-corrected chi connectivity index (χ0v) is 12.4. The van der Waals surface area contributed by atoms with Gasteiger partial charge in [0.05, 0.1) is 17.4 Å². The van der Waals surface area contributed by atoms with Crippen molar-refractivity contribution in [3.63, 3.8) is 0 Å². The predicted octanol–water partition coefficient (Wildman–Crippen LogP) is 2.17. The van der Waals surface area contributed by atoms with Gasteiger partial charge in [-0.2, -0.15) is 0 Å². The molecular weight excluding hydrogens is 264 g/mol. The maximum atomic E-state index is 12.2. The Balaban J connectivity index is 1.57. The van der Waals surface area contributed by atoms with E-state index in [-0.39, 0.29) is 5.91 Å². The average Bonchev–Trinajstić information content (AvgIpc) is 3.00. The summed E-state index contributed by atoms with van der Waals surface area (Å²) < 4.78 is 0. The van der Waals surface area contributed by atoms with E-state index in [1.165, 1.54) is 19.3 Å². The number of aromatic nitrogens is 2. The van der Waals surface area contributed by atoms with Gasteiger partial charge in [-0.3, -0.25) is 9.69 Å². The number of hydrogen-bond donors (Lipinski definition) is 2. The van der Waals surface area contributed by atoms with Gasteiger partial charge in [0, 0.05) is 18.2 Å². The highest BCUT2D eigenvalue weighted by molar-refractivity contribution is 5.97. The molecule has 0 spiro atoms. The van der Waals surface area contributed by atoms with Crippen LogP contribution in [0.4, 0.5) is 0 Å². The van der Waals surface area contributed by atoms with Gasteiger partial charge in [0.15, 0.2) is 0 Å². The summed E-state index contributed by atoms with van der Waals surface area (Å²) in [5.74, 6) is -0.0182. The summed E-state index contributed by atoms with van der Waals surface area (Å²) in [4.78, 5) is 21.9. The van der Waals surface area contributed by atoms with E-state index >= 15 is 0 Å². The van der Waals surface area contributed by atoms with Crippen molar-refractivity contribution in [3.05, 3.63) is 30.1 Å². The van der Waals surface area contributed by atoms with Gasteiger partial charge in [0.25, 0.3) is 5.91 Å². The Morgan fingerprint density at radius 2 is 2.19 bits per heavy atom. The minimum absolute atomic E-state index is 0.0182. The van der Waals surface area contributed by atoms with Crippen molar-refractivity contribution in [1.82, 2.24) is 20.2 Å². The first-order chi connectivity index (χ1) is 10.2. The molecule has 2 N–H and O–H groups in total. The molecule has 112 valence electrons. The van der Waals surface area contributed by atoms with Crippen LogP contribution in [0.5, 0.6) is 0 Å². The number of carbonyl (C=O) groups is 1. The van der Waals surface area contributed by atoms with Crippen molar-refractivity contribution in [2.45, 2.75) is 32.2 Å². The highest BCUT2D eigenvalue weighted by Gasteiger charge is 2.17. The Kier molecular flexibility index (Phi) is 4.20. The molecule has 1 amide bonds. The van der Waals surface area contributed by atoms with E-state index in [0.717, 1.165) is 24.1 Å². The van der Waals surface area contributed by atoms with Gasteiger partial charge >= 0.3 is 0 Å². The zero-order chi connectivity index (χ0) is 14.7. The topological polar surface area (TPSA) is 61.0 Å². The molecule has 0 saturated carbocycles. The normalized spacial score (nSPS) is 17.8. The molecule has 1 fully saturated rings. The fourth-order valence-corrected chi connectivity index (χ4v) is 2.91. The van der Waals surface area contributed by atoms with Crippen LogP contribution in [0.25, 0.3) is 11.0 Å². The number of aromatic amines is 1. The number of imidazole rings is 1. The first-order valence-electron chi connectivity index (χ1n) is 7.69. The number of amides is 1. The molecule has 0 bridgehead atoms. The third-order valence-corrected chi connectivity index (χ3v) is 4.25. The van der Waals surface area contributed by atoms with E-state index in [1.54, 1.807) is 6.33 Å². The molecule has 5 heteroatoms. The quantitative estimate of drug-likeness (QED) is 0.905. The number of H-pyrrole nitrogens is 1. The van der Waals surface area contributed by atoms with Gasteiger partial charge in [-0.1, -0.05) is 6.42 Å². The number of carbonyl (C=O) groups excluding carboxylic acids is 1. The lowest BCUT2D eigenvalue weighted by molar-refractivity contribution is 0.0930. The second-order valence-electron chi connectivity index (χ2n) is 5.79. The van der Waals surface area contributed by atoms with E-state index in [2.05, 4.69) is 27.1 Å². The van der Waals surface area contributed by atoms with Gasteiger partial charge in [0.2, 0.25) is 0 Å². The maximum absolute atomic E-state index is 12.2. The molecule has 1 aliphatic rings. The first kappa shape index (κ1) is 14.1. The number of fused-ring (bicyclic) bond motifs is 1. The molecule has 21 heavy (non-hydrogen) atoms. The Morgan fingerprint density at radius 1 is 1.38 bits per heavy atom. The molecule has 1 aliphatic heterocycles. The van der Waals surface area contributed by atoms with Crippen molar-refractivity contribution in [1.29, 1.82) is 0 Å². The van der Waals surface area contributed by atoms with Gasteiger partial charge < -0.3 is 10.3 Å². The van der Waals surface area contributed by atoms with Gasteiger partial charge in [0.1, 0.15) is 0 Å². The summed E-state index contributed by atoms with van der Waals surface area (Å²) in [6.07, 6.45) is 5.52. The highest BCUT2D eigenvalue weighted by Crippen LogP contribution is 2.13. The molecule has 5 nitrogen and oxygen atoms in total. The molecule has 1 atom stereocenters. The monoisotopic (exact) mass is 286 g/mol. The molecule has 0 aliphatic carbocycles. The number of benzene rings is 1. The first-order valence-corrected chi connectivity index (χ1v) is 7.69. The summed E-state index contributed by atoms with van der Waals surface area (Å²) in [5.41, 5.74) is 2.46. The summed E-state index contributed by atoms with van der Waals surface area (Å²) >= 11 is 0. The largest absolute Gasteiger partial charge is 0.350 e. The molecule has 2 aromatic rings. The Hall–Kier alpha value is -1.88. The number of nitrogens with zero attached hydrogens (tertiary/aromatic N) is 2. The zero-order valence-electron chi connectivity index (χ0n) is 12.4. The lowest BCUT2D eigenvalue weighted by atomic mass is 10.1. The van der Waals surface area contributed by atoms with Gasteiger partial charge in [-0.15, -0.1) is 0 Å². The van der Waals surface area contributed by atoms with Crippen LogP contribution < -0.4 is 5.32 Å². The van der Waals surface area contributed by atoms with E-state index in [1.807, 2.05) is 18.2 Å². The minimum atomic E-state index is -0.0182. The molecule has 1 saturated heterocycles. The lowest BCUT2D eigenvalue weighted by Crippen LogP contribution is -2.44. The van der Waals surface area contributed by atoms with E-state index in [4.69, 9.17) is 0 Å². The fourth-order valence-electron chi connectivity index (χ4n) is 2.91. The SMILES string of the molecule is CC(CNC(=O)c1ccc2nc[nH]c2c1)N1CCCCC1. The van der Waals surface area contributed by atoms with Crippen LogP contribution >= 0.6 is 0 Å². The van der Waals surface area contributed by atoms with Crippen LogP contribution in [-0.4, -0.2) is 46.5 Å². The molecular formula is C16H22N4O. The van der Waals surface area contributed by atoms with Gasteiger partial charge in [-0.05, 0) is 51.1 Å². The fraction of sp³-hybridized carbons (Fsp3) is 0.500. The summed E-state index contributed by atoms with van der Waals surface area (Å²) in [6.45, 7) is 5.18. The summed E-state index contributed by atoms with van der Waals surface area (Å²) in [6, 6.07) is 5.94. The van der Waals surface area contributed by atoms with Crippen molar-refractivity contribution >= 4 is 16.9 Å². The predicted molar refractivity (Wildman–Crippen MR) is 83.3 cm³/mol. The number of hydrogen-bond acceptors (Lipinski definition) is 3. The molecule has 2 heterocycles. The number of piperidine rings is 1. The highest BCUT2D eigenvalue weighted by atomic mass is 16.1. The van der Waals surface area contributed by atoms with Crippen LogP contribution in [0.1, 0.15) is 36.5 Å². The minimum Gasteiger partial charge on any atom is -0.350 e. The molecule has 1 aromatic heterocycles. The van der Waals surface area contributed by atoms with Crippen molar-refractivity contribution < 1.29 is 4.79 Å². The van der Waals surface area contributed by atoms with E-state index in [0.29, 0.717) is 18.2 Å². The molecule has 3 rings (SSSR count). The van der Waals surface area contributed by atoms with E-state index in [9.17, 15) is 4.79 Å². The summed E-state index contributed by atoms with van der Waals surface area (Å²) in [5, 5.41) is 3.04. The smallest absolute Gasteiger partial charge is 0.251 e. The van der Waals surface area contributed by atoms with Crippen molar-refractivity contribution in [2.75, 3.05) is 19.6 Å². The Morgan fingerprint density at radius 3 is 3.00 bits per heavy atom. The average molecular weight is 286 g/mol. The van der Waals surface area contributed by atoms with E-state index < -0.39 is 0 Å². The third kappa shape index (κ3) is 3.24. The van der Waals surface area contributed by atoms with Gasteiger partial charge in [-0.25, -0.2) is 4.98 Å². The number of rotatable bonds is 4. The molecule has 1 aromatic carbocycles. The number of nitrogens with one attached hydrogen (secondary N) is 2. The van der Waals surface area contributed by atoms with Crippen LogP contribution in [-0.2, 0) is 0 Å². The Labute approximate surface area is 124 Å². The Bertz CT molecular complexity index is 616. The second-order valence-corrected chi connectivity index (χ2v) is 5.79. The van der Waals surface area contributed by atoms with Crippen LogP contribution in [0, 0.1) is 0 Å². The molecule has 0 radical (unpaired) electrons. The second kappa shape index (κ2) is 6.26. The maximum Gasteiger partial charge on any atom is 0.251 e. The molecule has 1 unspecified atom stereocenters. The van der Waals surface area contributed by atoms with Crippen molar-refractivity contribution in [2.24, 2.45) is 0 Å².